The van der Waals surface area contributed by atoms with Gasteiger partial charge in [0.1, 0.15) is 23.4 Å². The van der Waals surface area contributed by atoms with Crippen LogP contribution >= 0.6 is 0 Å². The molecule has 1 saturated heterocycles. The first-order valence-electron chi connectivity index (χ1n) is 10.0. The van der Waals surface area contributed by atoms with Crippen LogP contribution in [0.2, 0.25) is 0 Å². The maximum atomic E-state index is 13.1. The first-order valence-corrected chi connectivity index (χ1v) is 10.0. The zero-order chi connectivity index (χ0) is 20.0. The lowest BCUT2D eigenvalue weighted by molar-refractivity contribution is -0.0231. The van der Waals surface area contributed by atoms with Crippen LogP contribution < -0.4 is 4.74 Å². The van der Waals surface area contributed by atoms with Crippen LogP contribution in [0, 0.1) is 17.7 Å². The van der Waals surface area contributed by atoms with Gasteiger partial charge in [0.05, 0.1) is 6.10 Å². The molecule has 150 valence electrons. The normalized spacial score (nSPS) is 26.5. The Morgan fingerprint density at radius 1 is 1.00 bits per heavy atom. The summed E-state index contributed by atoms with van der Waals surface area (Å²) in [5.41, 5.74) is 1.66. The fourth-order valence-corrected chi connectivity index (χ4v) is 4.76. The van der Waals surface area contributed by atoms with Crippen LogP contribution in [-0.2, 0) is 0 Å². The van der Waals surface area contributed by atoms with Crippen molar-refractivity contribution < 1.29 is 19.0 Å². The van der Waals surface area contributed by atoms with E-state index in [4.69, 9.17) is 4.74 Å². The Balaban J connectivity index is 1.29. The van der Waals surface area contributed by atoms with Gasteiger partial charge < -0.3 is 19.1 Å². The van der Waals surface area contributed by atoms with Crippen molar-refractivity contribution in [3.8, 4) is 5.75 Å². The Kier molecular flexibility index (Phi) is 4.51. The number of carbonyl (C=O) groups excluding carboxylic acids is 1. The van der Waals surface area contributed by atoms with Crippen molar-refractivity contribution in [1.29, 1.82) is 0 Å². The van der Waals surface area contributed by atoms with Crippen LogP contribution in [0.4, 0.5) is 4.39 Å². The maximum absolute atomic E-state index is 13.1. The molecule has 5 rings (SSSR count). The summed E-state index contributed by atoms with van der Waals surface area (Å²) in [7, 11) is 0. The zero-order valence-electron chi connectivity index (χ0n) is 15.9. The van der Waals surface area contributed by atoms with Crippen LogP contribution in [0.1, 0.15) is 23.3 Å². The van der Waals surface area contributed by atoms with Crippen molar-refractivity contribution in [2.75, 3.05) is 13.1 Å². The van der Waals surface area contributed by atoms with Gasteiger partial charge >= 0.3 is 0 Å². The Bertz CT molecular complexity index is 1030. The van der Waals surface area contributed by atoms with Crippen LogP contribution in [-0.4, -0.2) is 45.6 Å². The molecule has 2 aliphatic rings. The number of nitrogens with zero attached hydrogens (tertiary/aromatic N) is 2. The highest BCUT2D eigenvalue weighted by atomic mass is 19.1. The van der Waals surface area contributed by atoms with Crippen LogP contribution in [0.25, 0.3) is 5.52 Å². The third-order valence-corrected chi connectivity index (χ3v) is 6.26. The van der Waals surface area contributed by atoms with Gasteiger partial charge in [-0.3, -0.25) is 4.79 Å². The fourth-order valence-electron chi connectivity index (χ4n) is 4.76. The number of hydrogen-bond acceptors (Lipinski definition) is 3. The molecule has 4 atom stereocenters. The van der Waals surface area contributed by atoms with E-state index < -0.39 is 6.10 Å². The Morgan fingerprint density at radius 2 is 1.76 bits per heavy atom. The highest BCUT2D eigenvalue weighted by molar-refractivity contribution is 5.94. The van der Waals surface area contributed by atoms with E-state index in [1.54, 1.807) is 12.1 Å². The molecule has 0 radical (unpaired) electrons. The topological polar surface area (TPSA) is 54.2 Å². The number of rotatable bonds is 3. The summed E-state index contributed by atoms with van der Waals surface area (Å²) in [4.78, 5) is 15.0. The van der Waals surface area contributed by atoms with Gasteiger partial charge in [-0.1, -0.05) is 6.07 Å². The number of pyridine rings is 1. The molecule has 1 amide bonds. The SMILES string of the molecule is O=C(c1ccc2ccccn12)N1C[C@H]2C[C@@H](Oc3ccc(F)cc3)[C@H](O)C[C@H]2C1. The van der Waals surface area contributed by atoms with E-state index in [-0.39, 0.29) is 23.7 Å². The lowest BCUT2D eigenvalue weighted by atomic mass is 9.78. The Hall–Kier alpha value is -2.86. The molecule has 0 unspecified atom stereocenters. The predicted octanol–water partition coefficient (Wildman–Crippen LogP) is 3.37. The molecule has 0 spiro atoms. The second-order valence-corrected chi connectivity index (χ2v) is 8.09. The number of benzene rings is 1. The minimum absolute atomic E-state index is 0.0242. The summed E-state index contributed by atoms with van der Waals surface area (Å²) in [6, 6.07) is 15.5. The standard InChI is InChI=1S/C23H23FN2O3/c24-17-4-7-19(8-5-17)29-22-12-16-14-25(13-15(16)11-21(22)27)23(28)20-9-6-18-3-1-2-10-26(18)20/h1-10,15-16,21-22,27H,11-14H2/t15-,16+,21+,22+/m0/s1. The summed E-state index contributed by atoms with van der Waals surface area (Å²) >= 11 is 0. The molecule has 2 fully saturated rings. The summed E-state index contributed by atoms with van der Waals surface area (Å²) < 4.78 is 21.0. The minimum atomic E-state index is -0.592. The number of amides is 1. The number of aliphatic hydroxyl groups excluding tert-OH is 1. The number of fused-ring (bicyclic) bond motifs is 2. The molecule has 1 aliphatic carbocycles. The molecule has 2 aromatic heterocycles. The van der Waals surface area contributed by atoms with Crippen molar-refractivity contribution >= 4 is 11.4 Å². The second kappa shape index (κ2) is 7.19. The first-order chi connectivity index (χ1) is 14.1. The van der Waals surface area contributed by atoms with Crippen LogP contribution in [0.5, 0.6) is 5.75 Å². The largest absolute Gasteiger partial charge is 0.488 e. The fraction of sp³-hybridized carbons (Fsp3) is 0.348. The molecule has 1 N–H and O–H groups in total. The average molecular weight is 394 g/mol. The third kappa shape index (κ3) is 3.38. The summed E-state index contributed by atoms with van der Waals surface area (Å²) in [6.07, 6.45) is 2.26. The number of carbonyl (C=O) groups is 1. The first kappa shape index (κ1) is 18.2. The van der Waals surface area contributed by atoms with Gasteiger partial charge in [-0.05, 0) is 73.2 Å². The Labute approximate surface area is 168 Å². The zero-order valence-corrected chi connectivity index (χ0v) is 15.9. The quantitative estimate of drug-likeness (QED) is 0.741. The molecule has 3 aromatic rings. The number of ether oxygens (including phenoxy) is 1. The van der Waals surface area contributed by atoms with Crippen molar-refractivity contribution in [3.63, 3.8) is 0 Å². The number of hydrogen-bond donors (Lipinski definition) is 1. The van der Waals surface area contributed by atoms with Gasteiger partial charge in [0.25, 0.3) is 5.91 Å². The predicted molar refractivity (Wildman–Crippen MR) is 106 cm³/mol. The molecular formula is C23H23FN2O3. The van der Waals surface area contributed by atoms with E-state index in [0.717, 1.165) is 5.52 Å². The second-order valence-electron chi connectivity index (χ2n) is 8.09. The van der Waals surface area contributed by atoms with Crippen LogP contribution in [0.3, 0.4) is 0 Å². The molecule has 1 aromatic carbocycles. The molecule has 3 heterocycles. The van der Waals surface area contributed by atoms with Crippen molar-refractivity contribution in [3.05, 3.63) is 72.3 Å². The van der Waals surface area contributed by atoms with Crippen LogP contribution in [0.15, 0.2) is 60.8 Å². The molecule has 6 heteroatoms. The number of halogens is 1. The van der Waals surface area contributed by atoms with Crippen molar-refractivity contribution in [2.45, 2.75) is 25.0 Å². The lowest BCUT2D eigenvalue weighted by Crippen LogP contribution is -2.42. The van der Waals surface area contributed by atoms with E-state index in [0.29, 0.717) is 43.3 Å². The molecule has 1 saturated carbocycles. The van der Waals surface area contributed by atoms with E-state index in [9.17, 15) is 14.3 Å². The summed E-state index contributed by atoms with van der Waals surface area (Å²) in [5, 5.41) is 10.6. The maximum Gasteiger partial charge on any atom is 0.270 e. The number of aliphatic hydroxyl groups is 1. The van der Waals surface area contributed by atoms with Gasteiger partial charge in [0, 0.05) is 24.8 Å². The molecular weight excluding hydrogens is 371 g/mol. The molecule has 5 nitrogen and oxygen atoms in total. The van der Waals surface area contributed by atoms with Crippen molar-refractivity contribution in [1.82, 2.24) is 9.30 Å². The van der Waals surface area contributed by atoms with Gasteiger partial charge in [-0.2, -0.15) is 0 Å². The smallest absolute Gasteiger partial charge is 0.270 e. The Morgan fingerprint density at radius 3 is 2.55 bits per heavy atom. The molecule has 0 bridgehead atoms. The molecule has 1 aliphatic heterocycles. The van der Waals surface area contributed by atoms with E-state index in [1.807, 2.05) is 45.8 Å². The molecule has 29 heavy (non-hydrogen) atoms. The highest BCUT2D eigenvalue weighted by Gasteiger charge is 2.44. The minimum Gasteiger partial charge on any atom is -0.488 e. The highest BCUT2D eigenvalue weighted by Crippen LogP contribution is 2.38. The lowest BCUT2D eigenvalue weighted by Gasteiger charge is -2.35. The van der Waals surface area contributed by atoms with Gasteiger partial charge in [-0.25, -0.2) is 4.39 Å². The van der Waals surface area contributed by atoms with E-state index in [2.05, 4.69) is 0 Å². The number of likely N-dealkylation sites (tertiary alicyclic amines) is 1. The summed E-state index contributed by atoms with van der Waals surface area (Å²) in [5.74, 6) is 0.826. The van der Waals surface area contributed by atoms with Gasteiger partial charge in [-0.15, -0.1) is 0 Å². The number of aromatic nitrogens is 1. The van der Waals surface area contributed by atoms with Gasteiger partial charge in [0.2, 0.25) is 0 Å². The van der Waals surface area contributed by atoms with Gasteiger partial charge in [0.15, 0.2) is 0 Å². The summed E-state index contributed by atoms with van der Waals surface area (Å²) in [6.45, 7) is 1.32. The van der Waals surface area contributed by atoms with Crippen molar-refractivity contribution in [2.24, 2.45) is 11.8 Å². The third-order valence-electron chi connectivity index (χ3n) is 6.26. The average Bonchev–Trinajstić information content (AvgIpc) is 3.33. The van der Waals surface area contributed by atoms with E-state index in [1.165, 1.54) is 12.1 Å². The van der Waals surface area contributed by atoms with E-state index >= 15 is 0 Å². The monoisotopic (exact) mass is 394 g/mol.